The van der Waals surface area contributed by atoms with Gasteiger partial charge in [-0.1, -0.05) is 12.1 Å². The van der Waals surface area contributed by atoms with E-state index in [9.17, 15) is 0 Å². The van der Waals surface area contributed by atoms with Crippen LogP contribution in [0.25, 0.3) is 16.6 Å². The van der Waals surface area contributed by atoms with Crippen molar-refractivity contribution in [2.24, 2.45) is 0 Å². The van der Waals surface area contributed by atoms with Gasteiger partial charge in [0.05, 0.1) is 16.6 Å². The number of aromatic nitrogens is 5. The van der Waals surface area contributed by atoms with Gasteiger partial charge in [-0.25, -0.2) is 0 Å². The maximum Gasteiger partial charge on any atom is 0.174 e. The Bertz CT molecular complexity index is 740. The van der Waals surface area contributed by atoms with Gasteiger partial charge in [-0.3, -0.25) is 4.98 Å². The fourth-order valence-electron chi connectivity index (χ4n) is 1.90. The molecule has 0 bridgehead atoms. The van der Waals surface area contributed by atoms with Gasteiger partial charge in [-0.05, 0) is 45.4 Å². The predicted molar refractivity (Wildman–Crippen MR) is 76.4 cm³/mol. The summed E-state index contributed by atoms with van der Waals surface area (Å²) in [5, 5.41) is 12.4. The van der Waals surface area contributed by atoms with Gasteiger partial charge in [0.25, 0.3) is 0 Å². The molecule has 2 aromatic heterocycles. The zero-order valence-corrected chi connectivity index (χ0v) is 12.3. The van der Waals surface area contributed by atoms with Crippen LogP contribution in [-0.4, -0.2) is 25.2 Å². The first-order valence-corrected chi connectivity index (χ1v) is 6.87. The SMILES string of the molecule is CC(Cl)c1nnnn1-c1cccc2cc(Br)cnc12. The Morgan fingerprint density at radius 3 is 3.00 bits per heavy atom. The fourth-order valence-corrected chi connectivity index (χ4v) is 2.39. The lowest BCUT2D eigenvalue weighted by Gasteiger charge is -2.08. The van der Waals surface area contributed by atoms with Crippen LogP contribution >= 0.6 is 27.5 Å². The summed E-state index contributed by atoms with van der Waals surface area (Å²) in [4.78, 5) is 4.43. The van der Waals surface area contributed by atoms with E-state index in [1.54, 1.807) is 10.9 Å². The lowest BCUT2D eigenvalue weighted by atomic mass is 10.2. The molecule has 0 aliphatic heterocycles. The minimum Gasteiger partial charge on any atom is -0.253 e. The number of halogens is 2. The molecule has 0 saturated heterocycles. The Balaban J connectivity index is 2.28. The van der Waals surface area contributed by atoms with E-state index in [2.05, 4.69) is 36.4 Å². The third kappa shape index (κ3) is 2.21. The molecule has 7 heteroatoms. The van der Waals surface area contributed by atoms with Crippen molar-refractivity contribution < 1.29 is 0 Å². The van der Waals surface area contributed by atoms with Gasteiger partial charge >= 0.3 is 0 Å². The minimum atomic E-state index is -0.277. The normalized spacial score (nSPS) is 12.8. The van der Waals surface area contributed by atoms with Crippen LogP contribution < -0.4 is 0 Å². The largest absolute Gasteiger partial charge is 0.253 e. The summed E-state index contributed by atoms with van der Waals surface area (Å²) < 4.78 is 2.56. The minimum absolute atomic E-state index is 0.277. The number of fused-ring (bicyclic) bond motifs is 1. The van der Waals surface area contributed by atoms with Crippen LogP contribution in [0.3, 0.4) is 0 Å². The van der Waals surface area contributed by atoms with Crippen LogP contribution in [0, 0.1) is 0 Å². The number of alkyl halides is 1. The molecule has 96 valence electrons. The maximum atomic E-state index is 6.08. The van der Waals surface area contributed by atoms with E-state index < -0.39 is 0 Å². The molecule has 1 aromatic carbocycles. The average Bonchev–Trinajstić information content (AvgIpc) is 2.86. The second-order valence-corrected chi connectivity index (χ2v) is 5.64. The third-order valence-electron chi connectivity index (χ3n) is 2.73. The molecule has 19 heavy (non-hydrogen) atoms. The summed E-state index contributed by atoms with van der Waals surface area (Å²) in [6.45, 7) is 1.83. The molecule has 0 radical (unpaired) electrons. The van der Waals surface area contributed by atoms with Crippen molar-refractivity contribution in [1.82, 2.24) is 25.2 Å². The molecular formula is C12H9BrClN5. The van der Waals surface area contributed by atoms with Gasteiger partial charge in [0, 0.05) is 16.1 Å². The number of para-hydroxylation sites is 1. The fraction of sp³-hybridized carbons (Fsp3) is 0.167. The molecule has 0 spiro atoms. The summed E-state index contributed by atoms with van der Waals surface area (Å²) in [5.41, 5.74) is 1.65. The smallest absolute Gasteiger partial charge is 0.174 e. The lowest BCUT2D eigenvalue weighted by molar-refractivity contribution is 0.764. The zero-order valence-electron chi connectivity index (χ0n) is 9.96. The molecule has 0 aliphatic carbocycles. The van der Waals surface area contributed by atoms with Crippen molar-refractivity contribution in [2.45, 2.75) is 12.3 Å². The molecule has 0 aliphatic rings. The summed E-state index contributed by atoms with van der Waals surface area (Å²) in [7, 11) is 0. The second kappa shape index (κ2) is 4.86. The van der Waals surface area contributed by atoms with Crippen molar-refractivity contribution >= 4 is 38.4 Å². The highest BCUT2D eigenvalue weighted by atomic mass is 79.9. The van der Waals surface area contributed by atoms with E-state index in [-0.39, 0.29) is 5.38 Å². The van der Waals surface area contributed by atoms with Gasteiger partial charge in [-0.2, -0.15) is 4.68 Å². The number of tetrazole rings is 1. The van der Waals surface area contributed by atoms with Gasteiger partial charge < -0.3 is 0 Å². The van der Waals surface area contributed by atoms with Crippen LogP contribution in [0.5, 0.6) is 0 Å². The molecule has 0 fully saturated rings. The number of nitrogens with zero attached hydrogens (tertiary/aromatic N) is 5. The Hall–Kier alpha value is -1.53. The molecule has 3 rings (SSSR count). The monoisotopic (exact) mass is 337 g/mol. The summed E-state index contributed by atoms with van der Waals surface area (Å²) in [5.74, 6) is 0.596. The van der Waals surface area contributed by atoms with Crippen LogP contribution in [-0.2, 0) is 0 Å². The number of hydrogen-bond donors (Lipinski definition) is 0. The molecular weight excluding hydrogens is 330 g/mol. The van der Waals surface area contributed by atoms with E-state index >= 15 is 0 Å². The highest BCUT2D eigenvalue weighted by molar-refractivity contribution is 9.10. The number of hydrogen-bond acceptors (Lipinski definition) is 4. The second-order valence-electron chi connectivity index (χ2n) is 4.07. The zero-order chi connectivity index (χ0) is 13.4. The van der Waals surface area contributed by atoms with Crippen LogP contribution in [0.15, 0.2) is 34.9 Å². The van der Waals surface area contributed by atoms with E-state index in [1.807, 2.05) is 31.2 Å². The molecule has 3 aromatic rings. The molecule has 2 heterocycles. The summed E-state index contributed by atoms with van der Waals surface area (Å²) in [6.07, 6.45) is 1.75. The first-order valence-electron chi connectivity index (χ1n) is 5.64. The highest BCUT2D eigenvalue weighted by Gasteiger charge is 2.15. The van der Waals surface area contributed by atoms with Gasteiger partial charge in [0.2, 0.25) is 0 Å². The lowest BCUT2D eigenvalue weighted by Crippen LogP contribution is -2.05. The van der Waals surface area contributed by atoms with E-state index in [0.29, 0.717) is 5.82 Å². The number of benzene rings is 1. The van der Waals surface area contributed by atoms with Crippen molar-refractivity contribution in [2.75, 3.05) is 0 Å². The van der Waals surface area contributed by atoms with E-state index in [0.717, 1.165) is 21.1 Å². The van der Waals surface area contributed by atoms with Gasteiger partial charge in [0.15, 0.2) is 5.82 Å². The third-order valence-corrected chi connectivity index (χ3v) is 3.36. The molecule has 1 unspecified atom stereocenters. The first kappa shape index (κ1) is 12.5. The number of rotatable bonds is 2. The van der Waals surface area contributed by atoms with E-state index in [1.165, 1.54) is 0 Å². The summed E-state index contributed by atoms with van der Waals surface area (Å²) >= 11 is 9.50. The Morgan fingerprint density at radius 2 is 2.21 bits per heavy atom. The first-order chi connectivity index (χ1) is 9.16. The highest BCUT2D eigenvalue weighted by Crippen LogP contribution is 2.25. The van der Waals surface area contributed by atoms with E-state index in [4.69, 9.17) is 11.6 Å². The maximum absolute atomic E-state index is 6.08. The Kier molecular flexibility index (Phi) is 3.20. The quantitative estimate of drug-likeness (QED) is 0.673. The van der Waals surface area contributed by atoms with Crippen LogP contribution in [0.1, 0.15) is 18.1 Å². The van der Waals surface area contributed by atoms with Crippen LogP contribution in [0.2, 0.25) is 0 Å². The number of pyridine rings is 1. The van der Waals surface area contributed by atoms with Crippen molar-refractivity contribution in [1.29, 1.82) is 0 Å². The van der Waals surface area contributed by atoms with Crippen LogP contribution in [0.4, 0.5) is 0 Å². The average molecular weight is 339 g/mol. The van der Waals surface area contributed by atoms with Crippen molar-refractivity contribution in [3.05, 3.63) is 40.8 Å². The Morgan fingerprint density at radius 1 is 1.37 bits per heavy atom. The summed E-state index contributed by atoms with van der Waals surface area (Å²) in [6, 6.07) is 7.85. The molecule has 0 saturated carbocycles. The topological polar surface area (TPSA) is 56.5 Å². The molecule has 0 amide bonds. The molecule has 1 atom stereocenters. The molecule has 5 nitrogen and oxygen atoms in total. The van der Waals surface area contributed by atoms with Crippen molar-refractivity contribution in [3.63, 3.8) is 0 Å². The predicted octanol–water partition coefficient (Wildman–Crippen LogP) is 3.27. The molecule has 0 N–H and O–H groups in total. The standard InChI is InChI=1S/C12H9BrClN5/c1-7(14)12-16-17-18-19(12)10-4-2-3-8-5-9(13)6-15-11(8)10/h2-7H,1H3. The Labute approximate surface area is 122 Å². The van der Waals surface area contributed by atoms with Gasteiger partial charge in [-0.15, -0.1) is 16.7 Å². The van der Waals surface area contributed by atoms with Crippen molar-refractivity contribution in [3.8, 4) is 5.69 Å². The van der Waals surface area contributed by atoms with Gasteiger partial charge in [0.1, 0.15) is 0 Å².